The van der Waals surface area contributed by atoms with Gasteiger partial charge in [-0.2, -0.15) is 5.26 Å². The molecule has 3 rings (SSSR count). The van der Waals surface area contributed by atoms with Crippen LogP contribution in [0.25, 0.3) is 22.4 Å². The number of pyridine rings is 1. The van der Waals surface area contributed by atoms with E-state index in [1.165, 1.54) is 24.3 Å². The number of anilines is 1. The fraction of sp³-hybridized carbons (Fsp3) is 0. The Balaban J connectivity index is 2.20. The van der Waals surface area contributed by atoms with Gasteiger partial charge in [-0.3, -0.25) is 0 Å². The minimum absolute atomic E-state index is 0.109. The van der Waals surface area contributed by atoms with E-state index < -0.39 is 0 Å². The largest absolute Gasteiger partial charge is 0.508 e. The number of phenolic OH excluding ortho intramolecular Hbond substituents is 1. The Morgan fingerprint density at radius 2 is 1.61 bits per heavy atom. The van der Waals surface area contributed by atoms with Gasteiger partial charge in [0.15, 0.2) is 0 Å². The molecule has 0 unspecified atom stereocenters. The lowest BCUT2D eigenvalue weighted by Crippen LogP contribution is -1.99. The number of benzene rings is 2. The van der Waals surface area contributed by atoms with Gasteiger partial charge >= 0.3 is 0 Å². The lowest BCUT2D eigenvalue weighted by Gasteiger charge is -2.10. The molecular formula is C18H12FN3O. The van der Waals surface area contributed by atoms with Crippen molar-refractivity contribution in [2.45, 2.75) is 0 Å². The molecule has 0 bridgehead atoms. The van der Waals surface area contributed by atoms with Gasteiger partial charge in [0.1, 0.15) is 29.0 Å². The molecule has 0 saturated carbocycles. The van der Waals surface area contributed by atoms with E-state index >= 15 is 0 Å². The van der Waals surface area contributed by atoms with Gasteiger partial charge in [-0.15, -0.1) is 0 Å². The zero-order valence-corrected chi connectivity index (χ0v) is 12.0. The number of nitrogens with zero attached hydrogens (tertiary/aromatic N) is 2. The highest BCUT2D eigenvalue weighted by atomic mass is 19.1. The van der Waals surface area contributed by atoms with Crippen molar-refractivity contribution in [3.8, 4) is 34.2 Å². The molecule has 0 saturated heterocycles. The minimum atomic E-state index is -0.339. The third kappa shape index (κ3) is 2.83. The van der Waals surface area contributed by atoms with Crippen LogP contribution in [0.5, 0.6) is 5.75 Å². The molecule has 0 aliphatic rings. The maximum atomic E-state index is 13.1. The molecule has 3 N–H and O–H groups in total. The predicted molar refractivity (Wildman–Crippen MR) is 85.9 cm³/mol. The maximum absolute atomic E-state index is 13.1. The number of hydrogen-bond donors (Lipinski definition) is 2. The minimum Gasteiger partial charge on any atom is -0.508 e. The van der Waals surface area contributed by atoms with Crippen LogP contribution in [-0.2, 0) is 0 Å². The van der Waals surface area contributed by atoms with E-state index in [0.717, 1.165) is 5.56 Å². The zero-order chi connectivity index (χ0) is 16.4. The molecule has 0 aliphatic carbocycles. The average Bonchev–Trinajstić information content (AvgIpc) is 2.55. The summed E-state index contributed by atoms with van der Waals surface area (Å²) < 4.78 is 13.1. The number of nitrogens with two attached hydrogens (primary N) is 1. The molecule has 0 fully saturated rings. The number of aromatic hydroxyl groups is 1. The van der Waals surface area contributed by atoms with E-state index in [4.69, 9.17) is 5.73 Å². The quantitative estimate of drug-likeness (QED) is 0.756. The third-order valence-electron chi connectivity index (χ3n) is 3.48. The Bertz CT molecular complexity index is 897. The topological polar surface area (TPSA) is 82.9 Å². The molecule has 1 heterocycles. The second-order valence-corrected chi connectivity index (χ2v) is 4.98. The summed E-state index contributed by atoms with van der Waals surface area (Å²) in [5.74, 6) is -0.0976. The number of hydrogen-bond acceptors (Lipinski definition) is 4. The molecule has 1 aromatic heterocycles. The van der Waals surface area contributed by atoms with Crippen molar-refractivity contribution >= 4 is 5.82 Å². The first-order valence-corrected chi connectivity index (χ1v) is 6.84. The molecule has 0 aliphatic heterocycles. The van der Waals surface area contributed by atoms with Crippen molar-refractivity contribution in [2.75, 3.05) is 5.73 Å². The van der Waals surface area contributed by atoms with E-state index in [9.17, 15) is 14.8 Å². The van der Waals surface area contributed by atoms with Crippen LogP contribution in [0.2, 0.25) is 0 Å². The first kappa shape index (κ1) is 14.5. The van der Waals surface area contributed by atoms with Crippen LogP contribution in [0.3, 0.4) is 0 Å². The van der Waals surface area contributed by atoms with Crippen LogP contribution in [-0.4, -0.2) is 10.1 Å². The molecule has 4 nitrogen and oxygen atoms in total. The molecule has 112 valence electrons. The first-order valence-electron chi connectivity index (χ1n) is 6.84. The van der Waals surface area contributed by atoms with Crippen molar-refractivity contribution in [3.63, 3.8) is 0 Å². The van der Waals surface area contributed by atoms with Gasteiger partial charge in [-0.1, -0.05) is 12.1 Å². The van der Waals surface area contributed by atoms with Crippen LogP contribution >= 0.6 is 0 Å². The average molecular weight is 305 g/mol. The predicted octanol–water partition coefficient (Wildman–Crippen LogP) is 3.71. The molecular weight excluding hydrogens is 293 g/mol. The Labute approximate surface area is 132 Å². The van der Waals surface area contributed by atoms with Gasteiger partial charge in [0, 0.05) is 11.1 Å². The summed E-state index contributed by atoms with van der Waals surface area (Å²) >= 11 is 0. The van der Waals surface area contributed by atoms with Crippen LogP contribution in [0.4, 0.5) is 10.2 Å². The lowest BCUT2D eigenvalue weighted by molar-refractivity contribution is 0.475. The smallest absolute Gasteiger partial charge is 0.142 e. The van der Waals surface area contributed by atoms with Gasteiger partial charge in [0.25, 0.3) is 0 Å². The summed E-state index contributed by atoms with van der Waals surface area (Å²) in [6.07, 6.45) is 0. The van der Waals surface area contributed by atoms with Gasteiger partial charge in [-0.25, -0.2) is 9.37 Å². The Morgan fingerprint density at radius 1 is 1.00 bits per heavy atom. The van der Waals surface area contributed by atoms with Crippen LogP contribution in [0.1, 0.15) is 5.56 Å². The van der Waals surface area contributed by atoms with Crippen molar-refractivity contribution in [2.24, 2.45) is 0 Å². The van der Waals surface area contributed by atoms with Crippen LogP contribution in [0.15, 0.2) is 54.6 Å². The van der Waals surface area contributed by atoms with Crippen LogP contribution in [0, 0.1) is 17.1 Å². The van der Waals surface area contributed by atoms with E-state index in [0.29, 0.717) is 16.8 Å². The van der Waals surface area contributed by atoms with Crippen molar-refractivity contribution in [3.05, 3.63) is 66.0 Å². The second-order valence-electron chi connectivity index (χ2n) is 4.98. The van der Waals surface area contributed by atoms with E-state index in [1.54, 1.807) is 30.3 Å². The fourth-order valence-corrected chi connectivity index (χ4v) is 2.32. The van der Waals surface area contributed by atoms with Crippen molar-refractivity contribution in [1.82, 2.24) is 4.98 Å². The van der Waals surface area contributed by atoms with E-state index in [1.807, 2.05) is 0 Å². The SMILES string of the molecule is N#Cc1c(-c2ccc(O)cc2)cc(-c2ccc(F)cc2)nc1N. The number of halogens is 1. The fourth-order valence-electron chi connectivity index (χ4n) is 2.32. The molecule has 3 aromatic rings. The van der Waals surface area contributed by atoms with Crippen molar-refractivity contribution in [1.29, 1.82) is 5.26 Å². The summed E-state index contributed by atoms with van der Waals surface area (Å²) in [6.45, 7) is 0. The Morgan fingerprint density at radius 3 is 2.22 bits per heavy atom. The zero-order valence-electron chi connectivity index (χ0n) is 12.0. The van der Waals surface area contributed by atoms with Crippen molar-refractivity contribution < 1.29 is 9.50 Å². The number of rotatable bonds is 2. The van der Waals surface area contributed by atoms with Gasteiger partial charge < -0.3 is 10.8 Å². The number of nitriles is 1. The van der Waals surface area contributed by atoms with Gasteiger partial charge in [0.2, 0.25) is 0 Å². The molecule has 5 heteroatoms. The van der Waals surface area contributed by atoms with Crippen LogP contribution < -0.4 is 5.73 Å². The summed E-state index contributed by atoms with van der Waals surface area (Å²) in [5.41, 5.74) is 8.76. The summed E-state index contributed by atoms with van der Waals surface area (Å²) in [6, 6.07) is 16.1. The molecule has 0 atom stereocenters. The summed E-state index contributed by atoms with van der Waals surface area (Å²) in [5, 5.41) is 18.7. The molecule has 0 radical (unpaired) electrons. The highest BCUT2D eigenvalue weighted by molar-refractivity contribution is 5.80. The number of nitrogen functional groups attached to an aromatic ring is 1. The Hall–Kier alpha value is -3.39. The molecule has 0 spiro atoms. The molecule has 23 heavy (non-hydrogen) atoms. The number of aromatic nitrogens is 1. The monoisotopic (exact) mass is 305 g/mol. The first-order chi connectivity index (χ1) is 11.1. The van der Waals surface area contributed by atoms with E-state index in [-0.39, 0.29) is 22.9 Å². The summed E-state index contributed by atoms with van der Waals surface area (Å²) in [4.78, 5) is 4.23. The second kappa shape index (κ2) is 5.78. The Kier molecular flexibility index (Phi) is 3.65. The van der Waals surface area contributed by atoms with E-state index in [2.05, 4.69) is 11.1 Å². The highest BCUT2D eigenvalue weighted by Gasteiger charge is 2.13. The molecule has 0 amide bonds. The number of phenols is 1. The highest BCUT2D eigenvalue weighted by Crippen LogP contribution is 2.31. The molecule has 2 aromatic carbocycles. The maximum Gasteiger partial charge on any atom is 0.142 e. The lowest BCUT2D eigenvalue weighted by atomic mass is 9.98. The standard InChI is InChI=1S/C18H12FN3O/c19-13-5-1-12(2-6-13)17-9-15(16(10-20)18(21)22-17)11-3-7-14(23)8-4-11/h1-9,23H,(H2,21,22). The normalized spacial score (nSPS) is 10.3. The summed E-state index contributed by atoms with van der Waals surface area (Å²) in [7, 11) is 0. The third-order valence-corrected chi connectivity index (χ3v) is 3.48. The van der Waals surface area contributed by atoms with Gasteiger partial charge in [0.05, 0.1) is 5.69 Å². The van der Waals surface area contributed by atoms with Gasteiger partial charge in [-0.05, 0) is 48.0 Å².